The molecule has 1 N–H and O–H groups in total. The number of ether oxygens (including phenoxy) is 1. The Hall–Kier alpha value is -1.62. The molecule has 0 saturated carbocycles. The maximum absolute atomic E-state index is 13.4. The highest BCUT2D eigenvalue weighted by Gasteiger charge is 2.37. The second kappa shape index (κ2) is 5.64. The van der Waals surface area contributed by atoms with E-state index in [0.29, 0.717) is 12.1 Å². The van der Waals surface area contributed by atoms with Crippen molar-refractivity contribution in [3.05, 3.63) is 29.6 Å². The molecule has 5 heteroatoms. The van der Waals surface area contributed by atoms with Crippen molar-refractivity contribution < 1.29 is 19.0 Å². The highest BCUT2D eigenvalue weighted by molar-refractivity contribution is 5.90. The van der Waals surface area contributed by atoms with E-state index in [1.165, 1.54) is 18.6 Å². The third-order valence-corrected chi connectivity index (χ3v) is 4.76. The van der Waals surface area contributed by atoms with Crippen molar-refractivity contribution in [1.29, 1.82) is 0 Å². The summed E-state index contributed by atoms with van der Waals surface area (Å²) in [5, 5.41) is 9.18. The number of piperidine rings is 2. The molecule has 3 rings (SSSR count). The minimum absolute atomic E-state index is 0.0282. The number of benzene rings is 1. The van der Waals surface area contributed by atoms with Crippen molar-refractivity contribution in [1.82, 2.24) is 4.90 Å². The van der Waals surface area contributed by atoms with Gasteiger partial charge in [0, 0.05) is 18.2 Å². The molecule has 2 saturated heterocycles. The number of fused-ring (bicyclic) bond motifs is 2. The number of hydrogen-bond acceptors (Lipinski definition) is 3. The molecule has 0 amide bonds. The molecule has 4 nitrogen and oxygen atoms in total. The number of halogens is 1. The van der Waals surface area contributed by atoms with Gasteiger partial charge in [-0.1, -0.05) is 6.42 Å². The van der Waals surface area contributed by atoms with E-state index < -0.39 is 11.8 Å². The summed E-state index contributed by atoms with van der Waals surface area (Å²) >= 11 is 0. The molecule has 1 unspecified atom stereocenters. The van der Waals surface area contributed by atoms with Gasteiger partial charge in [0.05, 0.1) is 0 Å². The van der Waals surface area contributed by atoms with E-state index in [1.807, 2.05) is 0 Å². The van der Waals surface area contributed by atoms with Crippen LogP contribution in [0.1, 0.15) is 42.5 Å². The molecule has 2 heterocycles. The van der Waals surface area contributed by atoms with Crippen LogP contribution in [0, 0.1) is 5.82 Å². The quantitative estimate of drug-likeness (QED) is 0.931. The Morgan fingerprint density at radius 3 is 2.62 bits per heavy atom. The van der Waals surface area contributed by atoms with E-state index in [0.717, 1.165) is 31.7 Å². The van der Waals surface area contributed by atoms with Crippen LogP contribution in [-0.2, 0) is 0 Å². The summed E-state index contributed by atoms with van der Waals surface area (Å²) in [5.41, 5.74) is 0.0282. The van der Waals surface area contributed by atoms with Crippen molar-refractivity contribution in [2.45, 2.75) is 50.3 Å². The third-order valence-electron chi connectivity index (χ3n) is 4.76. The van der Waals surface area contributed by atoms with Gasteiger partial charge in [-0.15, -0.1) is 0 Å². The molecule has 3 atom stereocenters. The highest BCUT2D eigenvalue weighted by atomic mass is 19.1. The minimum atomic E-state index is -1.09. The Labute approximate surface area is 123 Å². The van der Waals surface area contributed by atoms with Crippen LogP contribution in [0.25, 0.3) is 0 Å². The fourth-order valence-corrected chi connectivity index (χ4v) is 3.61. The number of aromatic carboxylic acids is 1. The molecule has 2 fully saturated rings. The molecular weight excluding hydrogens is 273 g/mol. The minimum Gasteiger partial charge on any atom is -0.489 e. The van der Waals surface area contributed by atoms with Crippen LogP contribution < -0.4 is 4.74 Å². The van der Waals surface area contributed by atoms with E-state index in [-0.39, 0.29) is 17.4 Å². The summed E-state index contributed by atoms with van der Waals surface area (Å²) in [6.45, 7) is 0. The molecule has 0 spiro atoms. The molecule has 0 aliphatic carbocycles. The summed E-state index contributed by atoms with van der Waals surface area (Å²) in [7, 11) is 2.15. The Balaban J connectivity index is 1.78. The molecule has 0 aromatic heterocycles. The van der Waals surface area contributed by atoms with Crippen molar-refractivity contribution >= 4 is 5.97 Å². The van der Waals surface area contributed by atoms with Gasteiger partial charge in [-0.05, 0) is 44.9 Å². The van der Waals surface area contributed by atoms with Crippen LogP contribution in [0.2, 0.25) is 0 Å². The van der Waals surface area contributed by atoms with Gasteiger partial charge >= 0.3 is 5.97 Å². The molecule has 1 aromatic carbocycles. The van der Waals surface area contributed by atoms with E-state index in [9.17, 15) is 14.3 Å². The lowest BCUT2D eigenvalue weighted by Crippen LogP contribution is -2.52. The number of carbonyl (C=O) groups is 1. The SMILES string of the molecule is CN1C2CCC[C@@H]1C[C@H](Oc1cc(F)ccc1C(=O)O)C2. The van der Waals surface area contributed by atoms with Crippen LogP contribution in [-0.4, -0.2) is 41.2 Å². The van der Waals surface area contributed by atoms with Crippen LogP contribution >= 0.6 is 0 Å². The molecule has 1 aromatic rings. The zero-order valence-electron chi connectivity index (χ0n) is 12.1. The molecule has 21 heavy (non-hydrogen) atoms. The van der Waals surface area contributed by atoms with Crippen molar-refractivity contribution in [3.63, 3.8) is 0 Å². The van der Waals surface area contributed by atoms with Gasteiger partial charge in [0.25, 0.3) is 0 Å². The lowest BCUT2D eigenvalue weighted by molar-refractivity contribution is -0.000376. The van der Waals surface area contributed by atoms with E-state index >= 15 is 0 Å². The maximum atomic E-state index is 13.4. The number of hydrogen-bond donors (Lipinski definition) is 1. The van der Waals surface area contributed by atoms with E-state index in [2.05, 4.69) is 11.9 Å². The molecule has 0 radical (unpaired) electrons. The Morgan fingerprint density at radius 1 is 1.33 bits per heavy atom. The van der Waals surface area contributed by atoms with Crippen LogP contribution in [0.5, 0.6) is 5.75 Å². The molecule has 2 aliphatic rings. The van der Waals surface area contributed by atoms with Crippen molar-refractivity contribution in [2.75, 3.05) is 7.05 Å². The molecule has 2 bridgehead atoms. The topological polar surface area (TPSA) is 49.8 Å². The first kappa shape index (κ1) is 14.3. The average Bonchev–Trinajstić information content (AvgIpc) is 2.39. The monoisotopic (exact) mass is 293 g/mol. The van der Waals surface area contributed by atoms with Crippen LogP contribution in [0.3, 0.4) is 0 Å². The summed E-state index contributed by atoms with van der Waals surface area (Å²) in [6.07, 6.45) is 5.28. The van der Waals surface area contributed by atoms with Gasteiger partial charge in [0.2, 0.25) is 0 Å². The highest BCUT2D eigenvalue weighted by Crippen LogP contribution is 2.35. The second-order valence-corrected chi connectivity index (χ2v) is 6.06. The predicted octanol–water partition coefficient (Wildman–Crippen LogP) is 2.92. The van der Waals surface area contributed by atoms with Gasteiger partial charge < -0.3 is 14.7 Å². The van der Waals surface area contributed by atoms with Gasteiger partial charge in [0.1, 0.15) is 23.2 Å². The largest absolute Gasteiger partial charge is 0.489 e. The number of carboxylic acids is 1. The van der Waals surface area contributed by atoms with Crippen LogP contribution in [0.4, 0.5) is 4.39 Å². The molecule has 114 valence electrons. The average molecular weight is 293 g/mol. The fraction of sp³-hybridized carbons (Fsp3) is 0.562. The Kier molecular flexibility index (Phi) is 3.85. The van der Waals surface area contributed by atoms with E-state index in [1.54, 1.807) is 0 Å². The number of carboxylic acid groups (broad SMARTS) is 1. The van der Waals surface area contributed by atoms with Crippen molar-refractivity contribution in [3.8, 4) is 5.75 Å². The fourth-order valence-electron chi connectivity index (χ4n) is 3.61. The zero-order chi connectivity index (χ0) is 15.0. The zero-order valence-corrected chi connectivity index (χ0v) is 12.1. The number of rotatable bonds is 3. The van der Waals surface area contributed by atoms with Gasteiger partial charge in [-0.3, -0.25) is 0 Å². The van der Waals surface area contributed by atoms with Gasteiger partial charge in [0.15, 0.2) is 0 Å². The summed E-state index contributed by atoms with van der Waals surface area (Å²) in [4.78, 5) is 13.6. The Morgan fingerprint density at radius 2 is 2.00 bits per heavy atom. The van der Waals surface area contributed by atoms with Crippen molar-refractivity contribution in [2.24, 2.45) is 0 Å². The lowest BCUT2D eigenvalue weighted by atomic mass is 9.83. The standard InChI is InChI=1S/C16H20FNO3/c1-18-11-3-2-4-12(18)9-13(8-11)21-15-7-10(17)5-6-14(15)16(19)20/h5-7,11-13H,2-4,8-9H2,1H3,(H,19,20)/t11-,12?,13+/m1/s1. The van der Waals surface area contributed by atoms with Gasteiger partial charge in [-0.25, -0.2) is 9.18 Å². The van der Waals surface area contributed by atoms with E-state index in [4.69, 9.17) is 4.74 Å². The lowest BCUT2D eigenvalue weighted by Gasteiger charge is -2.46. The third kappa shape index (κ3) is 2.88. The maximum Gasteiger partial charge on any atom is 0.339 e. The smallest absolute Gasteiger partial charge is 0.339 e. The molecular formula is C16H20FNO3. The first-order valence-electron chi connectivity index (χ1n) is 7.46. The normalized spacial score (nSPS) is 29.1. The number of nitrogens with zero attached hydrogens (tertiary/aromatic N) is 1. The second-order valence-electron chi connectivity index (χ2n) is 6.06. The Bertz CT molecular complexity index is 534. The summed E-state index contributed by atoms with van der Waals surface area (Å²) in [5.74, 6) is -1.41. The van der Waals surface area contributed by atoms with Gasteiger partial charge in [-0.2, -0.15) is 0 Å². The molecule has 2 aliphatic heterocycles. The summed E-state index contributed by atoms with van der Waals surface area (Å²) < 4.78 is 19.2. The first-order valence-corrected chi connectivity index (χ1v) is 7.46. The first-order chi connectivity index (χ1) is 10.0. The summed E-state index contributed by atoms with van der Waals surface area (Å²) in [6, 6.07) is 4.58. The van der Waals surface area contributed by atoms with Crippen LogP contribution in [0.15, 0.2) is 18.2 Å². The predicted molar refractivity (Wildman–Crippen MR) is 76.2 cm³/mol.